The van der Waals surface area contributed by atoms with Crippen LogP contribution in [-0.2, 0) is 0 Å². The van der Waals surface area contributed by atoms with Gasteiger partial charge in [-0.3, -0.25) is 0 Å². The van der Waals surface area contributed by atoms with Gasteiger partial charge < -0.3 is 20.4 Å². The number of halogens is 4. The van der Waals surface area contributed by atoms with Crippen LogP contribution in [0.5, 0.6) is 23.0 Å². The molecule has 0 atom stereocenters. The van der Waals surface area contributed by atoms with Crippen LogP contribution in [0.25, 0.3) is 0 Å². The van der Waals surface area contributed by atoms with Gasteiger partial charge in [-0.05, 0) is 59.7 Å². The van der Waals surface area contributed by atoms with Gasteiger partial charge in [0.05, 0.1) is 20.1 Å². The number of phenolic OH excluding ortho intramolecular Hbond substituents is 4. The topological polar surface area (TPSA) is 80.9 Å². The van der Waals surface area contributed by atoms with Crippen molar-refractivity contribution in [3.8, 4) is 23.0 Å². The Balaban J connectivity index is 2.11. The Hall–Kier alpha value is -2.54. The van der Waals surface area contributed by atoms with Crippen molar-refractivity contribution in [2.45, 2.75) is 12.1 Å². The van der Waals surface area contributed by atoms with Gasteiger partial charge in [0.25, 0.3) is 0 Å². The fraction of sp³-hybridized carbons (Fsp3) is 0.0769. The van der Waals surface area contributed by atoms with Crippen LogP contribution in [0.15, 0.2) is 72.8 Å². The van der Waals surface area contributed by atoms with Gasteiger partial charge in [-0.25, -0.2) is 0 Å². The Morgan fingerprint density at radius 1 is 0.543 bits per heavy atom. The van der Waals surface area contributed by atoms with Crippen LogP contribution in [0.1, 0.15) is 16.7 Å². The molecular weight excluding hydrogens is 546 g/mol. The van der Waals surface area contributed by atoms with Crippen LogP contribution in [0, 0.1) is 0 Å². The van der Waals surface area contributed by atoms with E-state index in [1.165, 1.54) is 0 Å². The average molecular weight is 566 g/mol. The van der Waals surface area contributed by atoms with Crippen LogP contribution in [0.2, 0.25) is 26.6 Å². The number of aromatic hydroxyl groups is 4. The molecule has 0 bridgehead atoms. The van der Waals surface area contributed by atoms with E-state index in [4.69, 9.17) is 46.4 Å². The van der Waals surface area contributed by atoms with Crippen LogP contribution in [0.3, 0.4) is 0 Å². The van der Waals surface area contributed by atoms with Crippen LogP contribution >= 0.6 is 46.4 Å². The largest absolute Gasteiger partial charge is 0.508 e. The molecule has 35 heavy (non-hydrogen) atoms. The van der Waals surface area contributed by atoms with Gasteiger partial charge >= 0.3 is 0 Å². The number of hydrogen-bond acceptors (Lipinski definition) is 4. The summed E-state index contributed by atoms with van der Waals surface area (Å²) >= 11 is 25.4. The van der Waals surface area contributed by atoms with Gasteiger partial charge in [0.15, 0.2) is 11.5 Å². The van der Waals surface area contributed by atoms with Crippen molar-refractivity contribution in [2.24, 2.45) is 0 Å². The molecule has 0 heterocycles. The van der Waals surface area contributed by atoms with Gasteiger partial charge in [-0.2, -0.15) is 0 Å². The maximum atomic E-state index is 10.2. The zero-order valence-electron chi connectivity index (χ0n) is 18.3. The zero-order chi connectivity index (χ0) is 25.5. The lowest BCUT2D eigenvalue weighted by molar-refractivity contribution is 0.474. The lowest BCUT2D eigenvalue weighted by Gasteiger charge is -2.38. The van der Waals surface area contributed by atoms with Gasteiger partial charge in [-0.1, -0.05) is 87.6 Å². The van der Waals surface area contributed by atoms with Crippen molar-refractivity contribution in [1.82, 2.24) is 0 Å². The highest BCUT2D eigenvalue weighted by Gasteiger charge is 2.43. The zero-order valence-corrected chi connectivity index (χ0v) is 22.3. The van der Waals surface area contributed by atoms with Crippen molar-refractivity contribution in [2.75, 3.05) is 0 Å². The fourth-order valence-electron chi connectivity index (χ4n) is 4.48. The van der Waals surface area contributed by atoms with E-state index in [9.17, 15) is 20.4 Å². The molecule has 0 amide bonds. The third-order valence-electron chi connectivity index (χ3n) is 6.26. The fourth-order valence-corrected chi connectivity index (χ4v) is 9.87. The first-order valence-corrected chi connectivity index (χ1v) is 14.6. The second-order valence-corrected chi connectivity index (χ2v) is 14.2. The standard InChI is InChI=1S/C26H20Cl4O4Si/c1-35(18-6-2-16(31)3-7-18,19-8-4-17(32)5-9-19)26(14-10-20(27)24(33)21(28)11-14)15-12-22(29)25(34)23(30)13-15/h2-13,26,31-34H,1H3. The minimum absolute atomic E-state index is 0.0845. The SMILES string of the molecule is C[Si](c1ccc(O)cc1)(c1ccc(O)cc1)C(c1cc(Cl)c(O)c(Cl)c1)c1cc(Cl)c(O)c(Cl)c1. The lowest BCUT2D eigenvalue weighted by Crippen LogP contribution is -2.60. The minimum Gasteiger partial charge on any atom is -0.508 e. The molecule has 0 radical (unpaired) electrons. The summed E-state index contributed by atoms with van der Waals surface area (Å²) in [5.74, 6) is -0.205. The summed E-state index contributed by atoms with van der Waals surface area (Å²) < 4.78 is 0. The third kappa shape index (κ3) is 4.79. The van der Waals surface area contributed by atoms with E-state index in [2.05, 4.69) is 6.55 Å². The molecule has 0 fully saturated rings. The molecule has 0 spiro atoms. The summed E-state index contributed by atoms with van der Waals surface area (Å²) in [6, 6.07) is 20.5. The summed E-state index contributed by atoms with van der Waals surface area (Å²) in [6.07, 6.45) is 0. The average Bonchev–Trinajstić information content (AvgIpc) is 2.81. The van der Waals surface area contributed by atoms with Crippen LogP contribution < -0.4 is 10.4 Å². The van der Waals surface area contributed by atoms with E-state index in [0.29, 0.717) is 11.1 Å². The maximum absolute atomic E-state index is 10.2. The first kappa shape index (κ1) is 25.5. The Morgan fingerprint density at radius 2 is 0.829 bits per heavy atom. The first-order chi connectivity index (χ1) is 16.5. The Labute approximate surface area is 223 Å². The highest BCUT2D eigenvalue weighted by molar-refractivity contribution is 7.02. The number of hydrogen-bond donors (Lipinski definition) is 4. The predicted octanol–water partition coefficient (Wildman–Crippen LogP) is 6.69. The molecule has 4 N–H and O–H groups in total. The van der Waals surface area contributed by atoms with E-state index in [0.717, 1.165) is 10.4 Å². The third-order valence-corrected chi connectivity index (χ3v) is 12.3. The molecule has 0 unspecified atom stereocenters. The monoisotopic (exact) mass is 564 g/mol. The molecule has 0 aliphatic rings. The molecule has 0 saturated heterocycles. The summed E-state index contributed by atoms with van der Waals surface area (Å²) in [4.78, 5) is 0. The molecule has 9 heteroatoms. The summed E-state index contributed by atoms with van der Waals surface area (Å²) in [6.45, 7) is 2.12. The quantitative estimate of drug-likeness (QED) is 0.203. The number of benzene rings is 4. The van der Waals surface area contributed by atoms with Gasteiger partial charge in [0.2, 0.25) is 0 Å². The molecule has 180 valence electrons. The minimum atomic E-state index is -2.91. The normalized spacial score (nSPS) is 11.7. The Bertz CT molecular complexity index is 1240. The van der Waals surface area contributed by atoms with E-state index in [-0.39, 0.29) is 43.1 Å². The Kier molecular flexibility index (Phi) is 7.18. The molecule has 4 aromatic rings. The van der Waals surface area contributed by atoms with Crippen LogP contribution in [-0.4, -0.2) is 28.5 Å². The summed E-state index contributed by atoms with van der Waals surface area (Å²) in [5, 5.41) is 42.6. The van der Waals surface area contributed by atoms with Gasteiger partial charge in [0.1, 0.15) is 19.6 Å². The second kappa shape index (κ2) is 9.84. The Morgan fingerprint density at radius 3 is 1.11 bits per heavy atom. The maximum Gasteiger partial charge on any atom is 0.152 e. The number of rotatable bonds is 5. The molecule has 0 aromatic heterocycles. The van der Waals surface area contributed by atoms with E-state index >= 15 is 0 Å². The van der Waals surface area contributed by atoms with Crippen molar-refractivity contribution in [3.05, 3.63) is 104 Å². The molecule has 4 rings (SSSR count). The summed E-state index contributed by atoms with van der Waals surface area (Å²) in [7, 11) is -2.91. The smallest absolute Gasteiger partial charge is 0.152 e. The lowest BCUT2D eigenvalue weighted by atomic mass is 10.0. The predicted molar refractivity (Wildman–Crippen MR) is 145 cm³/mol. The molecule has 4 nitrogen and oxygen atoms in total. The van der Waals surface area contributed by atoms with Crippen molar-refractivity contribution in [1.29, 1.82) is 0 Å². The highest BCUT2D eigenvalue weighted by atomic mass is 35.5. The highest BCUT2D eigenvalue weighted by Crippen LogP contribution is 2.43. The van der Waals surface area contributed by atoms with E-state index < -0.39 is 13.6 Å². The van der Waals surface area contributed by atoms with Gasteiger partial charge in [-0.15, -0.1) is 0 Å². The number of phenols is 4. The molecule has 0 saturated carbocycles. The second-order valence-electron chi connectivity index (χ2n) is 8.40. The first-order valence-electron chi connectivity index (χ1n) is 10.5. The van der Waals surface area contributed by atoms with Crippen LogP contribution in [0.4, 0.5) is 0 Å². The molecule has 4 aromatic carbocycles. The van der Waals surface area contributed by atoms with Gasteiger partial charge in [0, 0.05) is 5.54 Å². The molecule has 0 aliphatic heterocycles. The molecular formula is C26H20Cl4O4Si. The van der Waals surface area contributed by atoms with Crippen molar-refractivity contribution < 1.29 is 20.4 Å². The van der Waals surface area contributed by atoms with Crippen molar-refractivity contribution in [3.63, 3.8) is 0 Å². The summed E-state index contributed by atoms with van der Waals surface area (Å²) in [5.41, 5.74) is 0.986. The molecule has 0 aliphatic carbocycles. The van der Waals surface area contributed by atoms with E-state index in [1.54, 1.807) is 48.5 Å². The van der Waals surface area contributed by atoms with E-state index in [1.807, 2.05) is 24.3 Å². The van der Waals surface area contributed by atoms with Crippen molar-refractivity contribution >= 4 is 64.9 Å².